The predicted molar refractivity (Wildman–Crippen MR) is 56.7 cm³/mol. The standard InChI is InChI=1S/C10H21N3/c1-7(2)6-13-9(8(3)4)5-12-10(13)11/h7-9H,5-6H2,1-4H3,(H2,11,12). The fourth-order valence-electron chi connectivity index (χ4n) is 1.74. The zero-order valence-corrected chi connectivity index (χ0v) is 9.12. The van der Waals surface area contributed by atoms with E-state index in [0.717, 1.165) is 19.0 Å². The third kappa shape index (κ3) is 2.36. The minimum atomic E-state index is 0.516. The molecule has 0 spiro atoms. The smallest absolute Gasteiger partial charge is 0.191 e. The summed E-state index contributed by atoms with van der Waals surface area (Å²) < 4.78 is 0. The molecule has 13 heavy (non-hydrogen) atoms. The monoisotopic (exact) mass is 183 g/mol. The Kier molecular flexibility index (Phi) is 3.17. The summed E-state index contributed by atoms with van der Waals surface area (Å²) in [6.07, 6.45) is 0. The van der Waals surface area contributed by atoms with Gasteiger partial charge in [-0.3, -0.25) is 4.99 Å². The summed E-state index contributed by atoms with van der Waals surface area (Å²) in [7, 11) is 0. The second-order valence-corrected chi connectivity index (χ2v) is 4.56. The Morgan fingerprint density at radius 3 is 2.54 bits per heavy atom. The van der Waals surface area contributed by atoms with E-state index in [9.17, 15) is 0 Å². The van der Waals surface area contributed by atoms with Crippen molar-refractivity contribution in [2.24, 2.45) is 22.6 Å². The normalized spacial score (nSPS) is 23.1. The highest BCUT2D eigenvalue weighted by molar-refractivity contribution is 5.80. The van der Waals surface area contributed by atoms with E-state index >= 15 is 0 Å². The summed E-state index contributed by atoms with van der Waals surface area (Å²) in [5.74, 6) is 2.00. The van der Waals surface area contributed by atoms with Gasteiger partial charge in [-0.2, -0.15) is 0 Å². The fraction of sp³-hybridized carbons (Fsp3) is 0.900. The largest absolute Gasteiger partial charge is 0.370 e. The molecule has 0 saturated heterocycles. The highest BCUT2D eigenvalue weighted by Gasteiger charge is 2.28. The van der Waals surface area contributed by atoms with E-state index in [4.69, 9.17) is 5.73 Å². The molecule has 0 aromatic rings. The Labute approximate surface area is 81.0 Å². The van der Waals surface area contributed by atoms with Crippen LogP contribution < -0.4 is 5.73 Å². The molecule has 2 N–H and O–H groups in total. The van der Waals surface area contributed by atoms with Gasteiger partial charge in [0.05, 0.1) is 12.6 Å². The van der Waals surface area contributed by atoms with Crippen molar-refractivity contribution in [2.45, 2.75) is 33.7 Å². The van der Waals surface area contributed by atoms with Gasteiger partial charge in [-0.1, -0.05) is 27.7 Å². The van der Waals surface area contributed by atoms with Crippen LogP contribution in [0.4, 0.5) is 0 Å². The highest BCUT2D eigenvalue weighted by atomic mass is 15.3. The van der Waals surface area contributed by atoms with E-state index in [1.54, 1.807) is 0 Å². The Balaban J connectivity index is 2.60. The third-order valence-corrected chi connectivity index (χ3v) is 2.47. The molecule has 0 aromatic carbocycles. The van der Waals surface area contributed by atoms with E-state index in [2.05, 4.69) is 37.6 Å². The molecule has 0 amide bonds. The average Bonchev–Trinajstić information content (AvgIpc) is 2.32. The summed E-state index contributed by atoms with van der Waals surface area (Å²) in [6, 6.07) is 0.516. The molecule has 3 nitrogen and oxygen atoms in total. The van der Waals surface area contributed by atoms with Crippen LogP contribution in [-0.2, 0) is 0 Å². The number of hydrogen-bond acceptors (Lipinski definition) is 3. The summed E-state index contributed by atoms with van der Waals surface area (Å²) >= 11 is 0. The molecule has 1 rings (SSSR count). The zero-order chi connectivity index (χ0) is 10.0. The van der Waals surface area contributed by atoms with Gasteiger partial charge in [0, 0.05) is 6.54 Å². The molecule has 0 aromatic heterocycles. The maximum atomic E-state index is 5.83. The Morgan fingerprint density at radius 2 is 2.08 bits per heavy atom. The van der Waals surface area contributed by atoms with Crippen LogP contribution >= 0.6 is 0 Å². The number of rotatable bonds is 3. The lowest BCUT2D eigenvalue weighted by molar-refractivity contribution is 0.251. The van der Waals surface area contributed by atoms with E-state index in [1.165, 1.54) is 0 Å². The quantitative estimate of drug-likeness (QED) is 0.716. The van der Waals surface area contributed by atoms with Gasteiger partial charge in [-0.15, -0.1) is 0 Å². The predicted octanol–water partition coefficient (Wildman–Crippen LogP) is 1.30. The van der Waals surface area contributed by atoms with Gasteiger partial charge in [0.1, 0.15) is 0 Å². The number of nitrogens with two attached hydrogens (primary N) is 1. The van der Waals surface area contributed by atoms with E-state index in [0.29, 0.717) is 17.9 Å². The second kappa shape index (κ2) is 3.99. The Hall–Kier alpha value is -0.730. The number of aliphatic imine (C=N–C) groups is 1. The van der Waals surface area contributed by atoms with Gasteiger partial charge in [-0.25, -0.2) is 0 Å². The van der Waals surface area contributed by atoms with Crippen molar-refractivity contribution in [1.29, 1.82) is 0 Å². The third-order valence-electron chi connectivity index (χ3n) is 2.47. The molecule has 1 aliphatic rings. The van der Waals surface area contributed by atoms with Crippen molar-refractivity contribution in [3.63, 3.8) is 0 Å². The topological polar surface area (TPSA) is 41.6 Å². The van der Waals surface area contributed by atoms with Crippen molar-refractivity contribution < 1.29 is 0 Å². The number of guanidine groups is 1. The van der Waals surface area contributed by atoms with Gasteiger partial charge in [0.25, 0.3) is 0 Å². The molecule has 0 bridgehead atoms. The lowest BCUT2D eigenvalue weighted by atomic mass is 10.0. The average molecular weight is 183 g/mol. The first-order chi connectivity index (χ1) is 6.02. The van der Waals surface area contributed by atoms with Crippen molar-refractivity contribution in [2.75, 3.05) is 13.1 Å². The van der Waals surface area contributed by atoms with E-state index in [-0.39, 0.29) is 0 Å². The van der Waals surface area contributed by atoms with Gasteiger partial charge in [0.2, 0.25) is 0 Å². The van der Waals surface area contributed by atoms with Gasteiger partial charge < -0.3 is 10.6 Å². The fourth-order valence-corrected chi connectivity index (χ4v) is 1.74. The van der Waals surface area contributed by atoms with Crippen molar-refractivity contribution in [3.8, 4) is 0 Å². The van der Waals surface area contributed by atoms with Gasteiger partial charge in [-0.05, 0) is 11.8 Å². The molecule has 1 unspecified atom stereocenters. The van der Waals surface area contributed by atoms with Crippen molar-refractivity contribution in [1.82, 2.24) is 4.90 Å². The molecule has 3 heteroatoms. The van der Waals surface area contributed by atoms with Crippen LogP contribution in [-0.4, -0.2) is 30.0 Å². The summed E-state index contributed by atoms with van der Waals surface area (Å²) in [6.45, 7) is 10.8. The second-order valence-electron chi connectivity index (χ2n) is 4.56. The first-order valence-electron chi connectivity index (χ1n) is 5.09. The molecule has 1 aliphatic heterocycles. The highest BCUT2D eigenvalue weighted by Crippen LogP contribution is 2.17. The number of hydrogen-bond donors (Lipinski definition) is 1. The Morgan fingerprint density at radius 1 is 1.46 bits per heavy atom. The summed E-state index contributed by atoms with van der Waals surface area (Å²) in [5, 5.41) is 0. The van der Waals surface area contributed by atoms with Crippen LogP contribution in [0, 0.1) is 11.8 Å². The molecule has 0 radical (unpaired) electrons. The van der Waals surface area contributed by atoms with Crippen LogP contribution in [0.1, 0.15) is 27.7 Å². The molecular formula is C10H21N3. The van der Waals surface area contributed by atoms with Crippen LogP contribution in [0.3, 0.4) is 0 Å². The Bertz CT molecular complexity index is 196. The maximum Gasteiger partial charge on any atom is 0.191 e. The van der Waals surface area contributed by atoms with E-state index in [1.807, 2.05) is 0 Å². The molecule has 0 fully saturated rings. The number of nitrogens with zero attached hydrogens (tertiary/aromatic N) is 2. The maximum absolute atomic E-state index is 5.83. The van der Waals surface area contributed by atoms with Crippen LogP contribution in [0.5, 0.6) is 0 Å². The molecule has 1 heterocycles. The van der Waals surface area contributed by atoms with Crippen LogP contribution in [0.25, 0.3) is 0 Å². The lowest BCUT2D eigenvalue weighted by Crippen LogP contribution is -2.45. The first kappa shape index (κ1) is 10.4. The summed E-state index contributed by atoms with van der Waals surface area (Å²) in [5.41, 5.74) is 5.83. The molecular weight excluding hydrogens is 162 g/mol. The molecule has 76 valence electrons. The minimum absolute atomic E-state index is 0.516. The SMILES string of the molecule is CC(C)CN1C(N)=NCC1C(C)C. The minimum Gasteiger partial charge on any atom is -0.370 e. The molecule has 0 saturated carbocycles. The van der Waals surface area contributed by atoms with Gasteiger partial charge in [0.15, 0.2) is 5.96 Å². The van der Waals surface area contributed by atoms with Crippen LogP contribution in [0.15, 0.2) is 4.99 Å². The zero-order valence-electron chi connectivity index (χ0n) is 9.12. The first-order valence-corrected chi connectivity index (χ1v) is 5.09. The molecule has 0 aliphatic carbocycles. The van der Waals surface area contributed by atoms with Crippen LogP contribution in [0.2, 0.25) is 0 Å². The lowest BCUT2D eigenvalue weighted by Gasteiger charge is -2.30. The summed E-state index contributed by atoms with van der Waals surface area (Å²) in [4.78, 5) is 6.54. The van der Waals surface area contributed by atoms with Gasteiger partial charge >= 0.3 is 0 Å². The van der Waals surface area contributed by atoms with Crippen molar-refractivity contribution >= 4 is 5.96 Å². The van der Waals surface area contributed by atoms with E-state index < -0.39 is 0 Å². The van der Waals surface area contributed by atoms with Crippen molar-refractivity contribution in [3.05, 3.63) is 0 Å². The molecule has 1 atom stereocenters.